The molecule has 0 heteroatoms. The molecule has 68 heavy (non-hydrogen) atoms. The zero-order valence-corrected chi connectivity index (χ0v) is 37.2. The van der Waals surface area contributed by atoms with Crippen LogP contribution in [-0.2, 0) is 0 Å². The molecule has 13 aromatic rings. The second-order valence-electron chi connectivity index (χ2n) is 18.2. The summed E-state index contributed by atoms with van der Waals surface area (Å²) in [5, 5.41) is 12.7. The minimum atomic E-state index is 1.21. The summed E-state index contributed by atoms with van der Waals surface area (Å²) in [5.41, 5.74) is 20.3. The van der Waals surface area contributed by atoms with Gasteiger partial charge in [-0.3, -0.25) is 0 Å². The molecule has 0 nitrogen and oxygen atoms in total. The Kier molecular flexibility index (Phi) is 8.69. The van der Waals surface area contributed by atoms with E-state index in [9.17, 15) is 0 Å². The molecule has 0 bridgehead atoms. The van der Waals surface area contributed by atoms with Gasteiger partial charge >= 0.3 is 0 Å². The van der Waals surface area contributed by atoms with Crippen molar-refractivity contribution in [2.24, 2.45) is 0 Å². The van der Waals surface area contributed by atoms with Crippen LogP contribution in [0.25, 0.3) is 143 Å². The summed E-state index contributed by atoms with van der Waals surface area (Å²) in [7, 11) is 0. The van der Waals surface area contributed by atoms with Gasteiger partial charge in [0.2, 0.25) is 0 Å². The van der Waals surface area contributed by atoms with E-state index in [1.165, 1.54) is 143 Å². The average molecular weight is 859 g/mol. The van der Waals surface area contributed by atoms with Gasteiger partial charge in [-0.25, -0.2) is 0 Å². The minimum absolute atomic E-state index is 1.21. The number of rotatable bonds is 6. The predicted octanol–water partition coefficient (Wildman–Crippen LogP) is 19.1. The molecule has 0 spiro atoms. The van der Waals surface area contributed by atoms with Crippen LogP contribution in [0, 0.1) is 0 Å². The maximum atomic E-state index is 2.39. The second kappa shape index (κ2) is 15.4. The molecule has 1 aliphatic carbocycles. The molecule has 14 rings (SSSR count). The van der Waals surface area contributed by atoms with E-state index in [2.05, 4.69) is 255 Å². The predicted molar refractivity (Wildman–Crippen MR) is 291 cm³/mol. The van der Waals surface area contributed by atoms with Gasteiger partial charge < -0.3 is 0 Å². The quantitative estimate of drug-likeness (QED) is 0.146. The van der Waals surface area contributed by atoms with Crippen LogP contribution in [0.5, 0.6) is 0 Å². The maximum Gasteiger partial charge on any atom is -0.000741 e. The SMILES string of the molecule is c1ccc(-c2c3c(c(-c4ccccc4)c4ccccc24)-c2ccc(-c4ccc5cc(-c6ccc(-c7c8ccccc8c(-c8ccccc8)c8ccccc78)cc6)ccc5c4)c4cccc-3c24)cc1. The molecule has 0 saturated carbocycles. The Hall–Kier alpha value is -8.84. The van der Waals surface area contributed by atoms with Crippen LogP contribution in [0.4, 0.5) is 0 Å². The van der Waals surface area contributed by atoms with E-state index in [0.29, 0.717) is 0 Å². The number of fused-ring (bicyclic) bond motifs is 7. The summed E-state index contributed by atoms with van der Waals surface area (Å²) in [5.74, 6) is 0. The van der Waals surface area contributed by atoms with Crippen molar-refractivity contribution in [3.8, 4) is 89.0 Å². The standard InChI is InChI=1S/C68H42/c1-4-17-44(18-5-1)62-54-23-10-12-25-56(54)63(57-26-13-11-24-55(57)62)47-33-31-43(32-34-47)48-35-36-50-42-51(38-37-49(50)41-48)52-39-40-61-66-53(52)29-16-30-60(66)67-64(45-19-6-2-7-20-45)58-27-14-15-28-59(58)65(68(61)67)46-21-8-3-9-22-46/h1-42H. The fraction of sp³-hybridized carbons (Fsp3) is 0. The summed E-state index contributed by atoms with van der Waals surface area (Å²) in [6, 6.07) is 94.3. The molecule has 0 fully saturated rings. The van der Waals surface area contributed by atoms with Crippen molar-refractivity contribution in [2.45, 2.75) is 0 Å². The van der Waals surface area contributed by atoms with Crippen LogP contribution >= 0.6 is 0 Å². The maximum absolute atomic E-state index is 2.39. The van der Waals surface area contributed by atoms with Crippen LogP contribution < -0.4 is 0 Å². The first kappa shape index (κ1) is 38.4. The summed E-state index contributed by atoms with van der Waals surface area (Å²) in [6.07, 6.45) is 0. The van der Waals surface area contributed by atoms with E-state index in [0.717, 1.165) is 0 Å². The van der Waals surface area contributed by atoms with Gasteiger partial charge in [0.1, 0.15) is 0 Å². The van der Waals surface area contributed by atoms with E-state index in [-0.39, 0.29) is 0 Å². The van der Waals surface area contributed by atoms with Gasteiger partial charge in [-0.2, -0.15) is 0 Å². The Morgan fingerprint density at radius 1 is 0.162 bits per heavy atom. The van der Waals surface area contributed by atoms with Crippen molar-refractivity contribution < 1.29 is 0 Å². The fourth-order valence-electron chi connectivity index (χ4n) is 11.6. The highest BCUT2D eigenvalue weighted by atomic mass is 14.3. The van der Waals surface area contributed by atoms with Gasteiger partial charge in [-0.15, -0.1) is 0 Å². The highest BCUT2D eigenvalue weighted by Gasteiger charge is 2.31. The second-order valence-corrected chi connectivity index (χ2v) is 18.2. The lowest BCUT2D eigenvalue weighted by Crippen LogP contribution is -1.93. The Morgan fingerprint density at radius 2 is 0.500 bits per heavy atom. The summed E-state index contributed by atoms with van der Waals surface area (Å²) in [6.45, 7) is 0. The molecule has 0 unspecified atom stereocenters. The molecule has 0 heterocycles. The van der Waals surface area contributed by atoms with Gasteiger partial charge in [0.25, 0.3) is 0 Å². The van der Waals surface area contributed by atoms with Gasteiger partial charge in [0.15, 0.2) is 0 Å². The molecular weight excluding hydrogens is 817 g/mol. The van der Waals surface area contributed by atoms with E-state index in [1.807, 2.05) is 0 Å². The zero-order chi connectivity index (χ0) is 44.7. The summed E-state index contributed by atoms with van der Waals surface area (Å²) in [4.78, 5) is 0. The van der Waals surface area contributed by atoms with Crippen LogP contribution in [0.15, 0.2) is 255 Å². The highest BCUT2D eigenvalue weighted by molar-refractivity contribution is 6.29. The van der Waals surface area contributed by atoms with Crippen LogP contribution in [0.3, 0.4) is 0 Å². The molecule has 0 atom stereocenters. The van der Waals surface area contributed by atoms with Crippen molar-refractivity contribution in [2.75, 3.05) is 0 Å². The molecule has 0 aromatic heterocycles. The molecule has 0 saturated heterocycles. The minimum Gasteiger partial charge on any atom is -0.0622 e. The topological polar surface area (TPSA) is 0 Å². The van der Waals surface area contributed by atoms with Crippen LogP contribution in [-0.4, -0.2) is 0 Å². The Labute approximate surface area is 395 Å². The average Bonchev–Trinajstić information content (AvgIpc) is 3.74. The Bertz CT molecular complexity index is 4000. The van der Waals surface area contributed by atoms with Gasteiger partial charge in [-0.1, -0.05) is 243 Å². The van der Waals surface area contributed by atoms with E-state index in [4.69, 9.17) is 0 Å². The largest absolute Gasteiger partial charge is 0.0622 e. The van der Waals surface area contributed by atoms with E-state index in [1.54, 1.807) is 0 Å². The highest BCUT2D eigenvalue weighted by Crippen LogP contribution is 2.58. The normalized spacial score (nSPS) is 11.8. The van der Waals surface area contributed by atoms with E-state index >= 15 is 0 Å². The van der Waals surface area contributed by atoms with Gasteiger partial charge in [0, 0.05) is 0 Å². The van der Waals surface area contributed by atoms with Crippen molar-refractivity contribution in [1.29, 1.82) is 0 Å². The third-order valence-corrected chi connectivity index (χ3v) is 14.6. The summed E-state index contributed by atoms with van der Waals surface area (Å²) >= 11 is 0. The van der Waals surface area contributed by atoms with Crippen LogP contribution in [0.1, 0.15) is 0 Å². The fourth-order valence-corrected chi connectivity index (χ4v) is 11.6. The monoisotopic (exact) mass is 858 g/mol. The lowest BCUT2D eigenvalue weighted by Gasteiger charge is -2.20. The molecule has 0 amide bonds. The smallest absolute Gasteiger partial charge is 0.000741 e. The lowest BCUT2D eigenvalue weighted by atomic mass is 9.82. The first-order chi connectivity index (χ1) is 33.8. The molecule has 1 aliphatic rings. The third-order valence-electron chi connectivity index (χ3n) is 14.6. The Balaban J connectivity index is 0.863. The van der Waals surface area contributed by atoms with Crippen molar-refractivity contribution in [1.82, 2.24) is 0 Å². The number of hydrogen-bond acceptors (Lipinski definition) is 0. The third kappa shape index (κ3) is 5.88. The number of hydrogen-bond donors (Lipinski definition) is 0. The molecule has 0 aliphatic heterocycles. The van der Waals surface area contributed by atoms with Crippen LogP contribution in [0.2, 0.25) is 0 Å². The molecule has 0 N–H and O–H groups in total. The van der Waals surface area contributed by atoms with Crippen molar-refractivity contribution in [3.63, 3.8) is 0 Å². The van der Waals surface area contributed by atoms with Crippen molar-refractivity contribution in [3.05, 3.63) is 255 Å². The molecular formula is C68H42. The lowest BCUT2D eigenvalue weighted by molar-refractivity contribution is 1.62. The first-order valence-electron chi connectivity index (χ1n) is 23.7. The number of benzene rings is 13. The summed E-state index contributed by atoms with van der Waals surface area (Å²) < 4.78 is 0. The molecule has 13 aromatic carbocycles. The Morgan fingerprint density at radius 3 is 1.00 bits per heavy atom. The molecule has 0 radical (unpaired) electrons. The zero-order valence-electron chi connectivity index (χ0n) is 37.2. The molecule has 314 valence electrons. The van der Waals surface area contributed by atoms with Gasteiger partial charge in [-0.05, 0) is 155 Å². The van der Waals surface area contributed by atoms with Crippen molar-refractivity contribution >= 4 is 53.9 Å². The van der Waals surface area contributed by atoms with Gasteiger partial charge in [0.05, 0.1) is 0 Å². The van der Waals surface area contributed by atoms with E-state index < -0.39 is 0 Å². The first-order valence-corrected chi connectivity index (χ1v) is 23.7.